The number of carbonyl (C=O) groups excluding carboxylic acids is 2. The second-order valence-electron chi connectivity index (χ2n) is 9.29. The van der Waals surface area contributed by atoms with E-state index in [1.807, 2.05) is 84.9 Å². The Balaban J connectivity index is 1.75. The van der Waals surface area contributed by atoms with Crippen molar-refractivity contribution in [1.82, 2.24) is 10.6 Å². The van der Waals surface area contributed by atoms with Crippen LogP contribution in [-0.4, -0.2) is 41.5 Å². The van der Waals surface area contributed by atoms with Gasteiger partial charge in [-0.3, -0.25) is 9.59 Å². The highest BCUT2D eigenvalue weighted by molar-refractivity contribution is 5.86. The molecule has 0 unspecified atom stereocenters. The molecule has 0 aliphatic rings. The van der Waals surface area contributed by atoms with Gasteiger partial charge in [-0.1, -0.05) is 91.3 Å². The molecule has 0 saturated heterocycles. The SMILES string of the molecule is NCCCC[C@H](N)C(=O)N[C@H](CC(=O)N[C@@H](Cc1ccccc1)C(=O)O)c1ccc(-c2ccccc2)cc1. The maximum atomic E-state index is 13.0. The molecular formula is C30H36N4O4. The van der Waals surface area contributed by atoms with E-state index in [9.17, 15) is 19.5 Å². The van der Waals surface area contributed by atoms with Crippen LogP contribution in [0.3, 0.4) is 0 Å². The number of nitrogens with two attached hydrogens (primary N) is 2. The zero-order chi connectivity index (χ0) is 27.3. The Hall–Kier alpha value is -4.01. The van der Waals surface area contributed by atoms with E-state index in [2.05, 4.69) is 10.6 Å². The summed E-state index contributed by atoms with van der Waals surface area (Å²) < 4.78 is 0. The topological polar surface area (TPSA) is 148 Å². The molecule has 0 spiro atoms. The third-order valence-electron chi connectivity index (χ3n) is 6.35. The lowest BCUT2D eigenvalue weighted by Gasteiger charge is -2.23. The van der Waals surface area contributed by atoms with Crippen LogP contribution in [0, 0.1) is 0 Å². The fourth-order valence-electron chi connectivity index (χ4n) is 4.20. The Morgan fingerprint density at radius 2 is 1.39 bits per heavy atom. The summed E-state index contributed by atoms with van der Waals surface area (Å²) in [5.74, 6) is -1.98. The lowest BCUT2D eigenvalue weighted by molar-refractivity contribution is -0.142. The van der Waals surface area contributed by atoms with Crippen LogP contribution in [0.5, 0.6) is 0 Å². The molecule has 3 aromatic rings. The van der Waals surface area contributed by atoms with Crippen molar-refractivity contribution in [2.45, 2.75) is 50.2 Å². The van der Waals surface area contributed by atoms with Crippen LogP contribution in [0.1, 0.15) is 42.9 Å². The minimum atomic E-state index is -1.13. The van der Waals surface area contributed by atoms with Gasteiger partial charge in [-0.15, -0.1) is 0 Å². The molecule has 8 nitrogen and oxygen atoms in total. The van der Waals surface area contributed by atoms with Crippen molar-refractivity contribution >= 4 is 17.8 Å². The molecule has 0 aliphatic carbocycles. The molecule has 0 aromatic heterocycles. The highest BCUT2D eigenvalue weighted by Gasteiger charge is 2.25. The Bertz CT molecular complexity index is 1170. The van der Waals surface area contributed by atoms with Crippen molar-refractivity contribution in [2.75, 3.05) is 6.54 Å². The summed E-state index contributed by atoms with van der Waals surface area (Å²) >= 11 is 0. The van der Waals surface area contributed by atoms with E-state index >= 15 is 0 Å². The molecule has 2 amide bonds. The fourth-order valence-corrected chi connectivity index (χ4v) is 4.20. The summed E-state index contributed by atoms with van der Waals surface area (Å²) in [4.78, 5) is 37.7. The largest absolute Gasteiger partial charge is 0.480 e. The van der Waals surface area contributed by atoms with Crippen molar-refractivity contribution in [3.63, 3.8) is 0 Å². The van der Waals surface area contributed by atoms with Gasteiger partial charge in [-0.2, -0.15) is 0 Å². The predicted molar refractivity (Wildman–Crippen MR) is 148 cm³/mol. The highest BCUT2D eigenvalue weighted by atomic mass is 16.4. The quantitative estimate of drug-likeness (QED) is 0.208. The molecule has 8 heteroatoms. The number of carbonyl (C=O) groups is 3. The van der Waals surface area contributed by atoms with Gasteiger partial charge in [0, 0.05) is 6.42 Å². The number of carboxylic acids is 1. The lowest BCUT2D eigenvalue weighted by atomic mass is 9.98. The average Bonchev–Trinajstić information content (AvgIpc) is 2.93. The van der Waals surface area contributed by atoms with Gasteiger partial charge in [0.05, 0.1) is 18.5 Å². The van der Waals surface area contributed by atoms with E-state index in [-0.39, 0.29) is 18.7 Å². The number of rotatable bonds is 14. The van der Waals surface area contributed by atoms with Crippen LogP contribution in [-0.2, 0) is 20.8 Å². The second kappa shape index (κ2) is 14.7. The molecule has 7 N–H and O–H groups in total. The minimum Gasteiger partial charge on any atom is -0.480 e. The van der Waals surface area contributed by atoms with Crippen LogP contribution in [0.2, 0.25) is 0 Å². The first-order valence-electron chi connectivity index (χ1n) is 12.8. The van der Waals surface area contributed by atoms with Crippen molar-refractivity contribution in [1.29, 1.82) is 0 Å². The van der Waals surface area contributed by atoms with E-state index in [4.69, 9.17) is 11.5 Å². The van der Waals surface area contributed by atoms with Crippen LogP contribution < -0.4 is 22.1 Å². The molecule has 38 heavy (non-hydrogen) atoms. The monoisotopic (exact) mass is 516 g/mol. The van der Waals surface area contributed by atoms with Gasteiger partial charge in [-0.05, 0) is 41.6 Å². The Labute approximate surface area is 223 Å². The number of hydrogen-bond acceptors (Lipinski definition) is 5. The summed E-state index contributed by atoms with van der Waals surface area (Å²) in [6.45, 7) is 0.526. The molecule has 0 fully saturated rings. The van der Waals surface area contributed by atoms with Crippen LogP contribution in [0.15, 0.2) is 84.9 Å². The number of amides is 2. The maximum absolute atomic E-state index is 13.0. The van der Waals surface area contributed by atoms with Gasteiger partial charge in [0.25, 0.3) is 0 Å². The summed E-state index contributed by atoms with van der Waals surface area (Å²) in [6.07, 6.45) is 1.99. The highest BCUT2D eigenvalue weighted by Crippen LogP contribution is 2.24. The van der Waals surface area contributed by atoms with E-state index in [0.29, 0.717) is 13.0 Å². The van der Waals surface area contributed by atoms with Crippen LogP contribution in [0.4, 0.5) is 0 Å². The third-order valence-corrected chi connectivity index (χ3v) is 6.35. The molecule has 200 valence electrons. The Morgan fingerprint density at radius 3 is 2.00 bits per heavy atom. The van der Waals surface area contributed by atoms with Gasteiger partial charge in [0.15, 0.2) is 0 Å². The molecule has 0 aliphatic heterocycles. The van der Waals surface area contributed by atoms with E-state index < -0.39 is 30.0 Å². The first kappa shape index (κ1) is 28.6. The minimum absolute atomic E-state index is 0.134. The smallest absolute Gasteiger partial charge is 0.326 e. The van der Waals surface area contributed by atoms with Gasteiger partial charge >= 0.3 is 5.97 Å². The average molecular weight is 517 g/mol. The fraction of sp³-hybridized carbons (Fsp3) is 0.300. The predicted octanol–water partition coefficient (Wildman–Crippen LogP) is 3.17. The van der Waals surface area contributed by atoms with E-state index in [1.54, 1.807) is 0 Å². The van der Waals surface area contributed by atoms with Crippen LogP contribution >= 0.6 is 0 Å². The van der Waals surface area contributed by atoms with Crippen molar-refractivity contribution in [2.24, 2.45) is 11.5 Å². The molecule has 0 heterocycles. The number of aliphatic carboxylic acids is 1. The maximum Gasteiger partial charge on any atom is 0.326 e. The third kappa shape index (κ3) is 8.83. The van der Waals surface area contributed by atoms with Gasteiger partial charge in [-0.25, -0.2) is 4.79 Å². The summed E-state index contributed by atoms with van der Waals surface area (Å²) in [5, 5.41) is 15.2. The van der Waals surface area contributed by atoms with E-state index in [1.165, 1.54) is 0 Å². The summed E-state index contributed by atoms with van der Waals surface area (Å²) in [5.41, 5.74) is 15.2. The first-order valence-corrected chi connectivity index (χ1v) is 12.8. The lowest BCUT2D eigenvalue weighted by Crippen LogP contribution is -2.46. The van der Waals surface area contributed by atoms with Crippen molar-refractivity contribution < 1.29 is 19.5 Å². The molecule has 3 rings (SSSR count). The summed E-state index contributed by atoms with van der Waals surface area (Å²) in [7, 11) is 0. The zero-order valence-electron chi connectivity index (χ0n) is 21.4. The Morgan fingerprint density at radius 1 is 0.789 bits per heavy atom. The standard InChI is InChI=1S/C30H36N4O4/c31-18-8-7-13-25(32)29(36)34-26(24-16-14-23(15-17-24)22-11-5-2-6-12-22)20-28(35)33-27(30(37)38)19-21-9-3-1-4-10-21/h1-6,9-12,14-17,25-27H,7-8,13,18-20,31-32H2,(H,33,35)(H,34,36)(H,37,38)/t25-,26+,27-/m0/s1. The molecule has 0 bridgehead atoms. The van der Waals surface area contributed by atoms with Gasteiger partial charge < -0.3 is 27.2 Å². The molecular weight excluding hydrogens is 480 g/mol. The summed E-state index contributed by atoms with van der Waals surface area (Å²) in [6, 6.07) is 24.0. The van der Waals surface area contributed by atoms with Crippen molar-refractivity contribution in [3.8, 4) is 11.1 Å². The number of benzene rings is 3. The second-order valence-corrected chi connectivity index (χ2v) is 9.29. The van der Waals surface area contributed by atoms with Gasteiger partial charge in [0.1, 0.15) is 6.04 Å². The molecule has 0 saturated carbocycles. The van der Waals surface area contributed by atoms with E-state index in [0.717, 1.165) is 35.1 Å². The number of carboxylic acid groups (broad SMARTS) is 1. The zero-order valence-corrected chi connectivity index (χ0v) is 21.4. The number of hydrogen-bond donors (Lipinski definition) is 5. The molecule has 0 radical (unpaired) electrons. The number of nitrogens with one attached hydrogen (secondary N) is 2. The van der Waals surface area contributed by atoms with Crippen molar-refractivity contribution in [3.05, 3.63) is 96.1 Å². The van der Waals surface area contributed by atoms with Gasteiger partial charge in [0.2, 0.25) is 11.8 Å². The molecule has 3 atom stereocenters. The first-order chi connectivity index (χ1) is 18.4. The normalized spacial score (nSPS) is 13.2. The Kier molecular flexibility index (Phi) is 11.0. The molecule has 3 aromatic carbocycles. The number of unbranched alkanes of at least 4 members (excludes halogenated alkanes) is 1. The van der Waals surface area contributed by atoms with Crippen LogP contribution in [0.25, 0.3) is 11.1 Å².